The van der Waals surface area contributed by atoms with Gasteiger partial charge in [-0.3, -0.25) is 15.1 Å². The molecular weight excluding hydrogens is 306 g/mol. The van der Waals surface area contributed by atoms with Crippen LogP contribution < -0.4 is 10.6 Å². The fourth-order valence-corrected chi connectivity index (χ4v) is 3.58. The van der Waals surface area contributed by atoms with Crippen LogP contribution in [0.2, 0.25) is 0 Å². The number of amides is 3. The third-order valence-corrected chi connectivity index (χ3v) is 4.80. The number of fused-ring (bicyclic) bond motifs is 1. The van der Waals surface area contributed by atoms with E-state index in [1.165, 1.54) is 4.90 Å². The molecule has 0 bridgehead atoms. The molecule has 24 heavy (non-hydrogen) atoms. The Morgan fingerprint density at radius 1 is 1.25 bits per heavy atom. The molecule has 0 radical (unpaired) electrons. The molecule has 128 valence electrons. The highest BCUT2D eigenvalue weighted by atomic mass is 16.2. The molecule has 3 amide bonds. The summed E-state index contributed by atoms with van der Waals surface area (Å²) in [5.74, 6) is -0.0824. The number of benzene rings is 1. The predicted octanol–water partition coefficient (Wildman–Crippen LogP) is 1.22. The number of nitrogens with two attached hydrogens (primary N) is 1. The molecule has 0 saturated carbocycles. The topological polar surface area (TPSA) is 93.7 Å². The Bertz CT molecular complexity index is 670. The average molecular weight is 329 g/mol. The first kappa shape index (κ1) is 16.3. The van der Waals surface area contributed by atoms with Crippen molar-refractivity contribution in [2.75, 3.05) is 25.5 Å². The van der Waals surface area contributed by atoms with Crippen LogP contribution in [0.3, 0.4) is 0 Å². The molecule has 1 aromatic carbocycles. The van der Waals surface area contributed by atoms with Crippen LogP contribution in [-0.2, 0) is 4.79 Å². The minimum atomic E-state index is -0.628. The SMILES string of the molecule is CN(C)C(=N)c1ccc(N2C(=O)N3CCCC[C@@H]3C2C(N)=O)cc1. The van der Waals surface area contributed by atoms with Crippen LogP contribution in [-0.4, -0.2) is 60.3 Å². The van der Waals surface area contributed by atoms with Crippen LogP contribution in [0.15, 0.2) is 24.3 Å². The highest BCUT2D eigenvalue weighted by molar-refractivity contribution is 6.04. The molecular formula is C17H23N5O2. The van der Waals surface area contributed by atoms with Gasteiger partial charge in [0.2, 0.25) is 5.91 Å². The van der Waals surface area contributed by atoms with Gasteiger partial charge in [0.15, 0.2) is 0 Å². The molecule has 0 aromatic heterocycles. The smallest absolute Gasteiger partial charge is 0.325 e. The average Bonchev–Trinajstić information content (AvgIpc) is 2.87. The van der Waals surface area contributed by atoms with Gasteiger partial charge in [0.25, 0.3) is 0 Å². The number of carbonyl (C=O) groups excluding carboxylic acids is 2. The van der Waals surface area contributed by atoms with Gasteiger partial charge in [0.05, 0.1) is 6.04 Å². The van der Waals surface area contributed by atoms with Crippen LogP contribution in [0.25, 0.3) is 0 Å². The van der Waals surface area contributed by atoms with Crippen molar-refractivity contribution in [1.29, 1.82) is 5.41 Å². The van der Waals surface area contributed by atoms with Gasteiger partial charge in [-0.25, -0.2) is 4.79 Å². The quantitative estimate of drug-likeness (QED) is 0.645. The molecule has 7 nitrogen and oxygen atoms in total. The number of carbonyl (C=O) groups is 2. The highest BCUT2D eigenvalue weighted by Crippen LogP contribution is 2.34. The van der Waals surface area contributed by atoms with Gasteiger partial charge < -0.3 is 15.5 Å². The van der Waals surface area contributed by atoms with Gasteiger partial charge in [-0.05, 0) is 43.5 Å². The van der Waals surface area contributed by atoms with E-state index in [1.807, 2.05) is 0 Å². The molecule has 2 atom stereocenters. The van der Waals surface area contributed by atoms with Crippen molar-refractivity contribution in [2.45, 2.75) is 31.3 Å². The molecule has 0 aliphatic carbocycles. The van der Waals surface area contributed by atoms with Crippen molar-refractivity contribution < 1.29 is 9.59 Å². The maximum absolute atomic E-state index is 12.8. The van der Waals surface area contributed by atoms with Crippen LogP contribution >= 0.6 is 0 Å². The number of rotatable bonds is 3. The zero-order valence-electron chi connectivity index (χ0n) is 14.0. The van der Waals surface area contributed by atoms with E-state index in [9.17, 15) is 9.59 Å². The zero-order valence-corrected chi connectivity index (χ0v) is 14.0. The van der Waals surface area contributed by atoms with E-state index in [0.29, 0.717) is 18.1 Å². The summed E-state index contributed by atoms with van der Waals surface area (Å²) in [7, 11) is 3.61. The number of urea groups is 1. The van der Waals surface area contributed by atoms with E-state index in [4.69, 9.17) is 11.1 Å². The standard InChI is InChI=1S/C17H23N5O2/c1-20(2)15(18)11-6-8-12(9-7-11)22-14(16(19)23)13-5-3-4-10-21(13)17(22)24/h6-9,13-14,18H,3-5,10H2,1-2H3,(H2,19,23)/t13-,14?/m1/s1. The van der Waals surface area contributed by atoms with Crippen molar-refractivity contribution in [3.8, 4) is 0 Å². The number of nitrogens with zero attached hydrogens (tertiary/aromatic N) is 3. The van der Waals surface area contributed by atoms with Gasteiger partial charge in [0, 0.05) is 31.9 Å². The number of anilines is 1. The molecule has 2 fully saturated rings. The van der Waals surface area contributed by atoms with Crippen molar-refractivity contribution >= 4 is 23.5 Å². The Morgan fingerprint density at radius 3 is 2.50 bits per heavy atom. The molecule has 3 rings (SSSR count). The number of amidine groups is 1. The van der Waals surface area contributed by atoms with Gasteiger partial charge in [0.1, 0.15) is 11.9 Å². The summed E-state index contributed by atoms with van der Waals surface area (Å²) in [5.41, 5.74) is 7.01. The first-order valence-corrected chi connectivity index (χ1v) is 8.17. The summed E-state index contributed by atoms with van der Waals surface area (Å²) in [4.78, 5) is 29.8. The maximum Gasteiger partial charge on any atom is 0.325 e. The normalized spacial score (nSPS) is 23.2. The molecule has 7 heteroatoms. The van der Waals surface area contributed by atoms with Crippen LogP contribution in [0.5, 0.6) is 0 Å². The van der Waals surface area contributed by atoms with Crippen molar-refractivity contribution in [1.82, 2.24) is 9.80 Å². The minimum absolute atomic E-state index is 0.136. The van der Waals surface area contributed by atoms with E-state index in [2.05, 4.69) is 0 Å². The van der Waals surface area contributed by atoms with Crippen LogP contribution in [0.4, 0.5) is 10.5 Å². The lowest BCUT2D eigenvalue weighted by Crippen LogP contribution is -2.48. The lowest BCUT2D eigenvalue weighted by molar-refractivity contribution is -0.119. The van der Waals surface area contributed by atoms with Crippen molar-refractivity contribution in [3.63, 3.8) is 0 Å². The second kappa shape index (κ2) is 6.14. The Balaban J connectivity index is 1.93. The number of hydrogen-bond donors (Lipinski definition) is 2. The van der Waals surface area contributed by atoms with Crippen molar-refractivity contribution in [2.24, 2.45) is 5.73 Å². The lowest BCUT2D eigenvalue weighted by atomic mass is 9.97. The Morgan fingerprint density at radius 2 is 1.92 bits per heavy atom. The van der Waals surface area contributed by atoms with Crippen LogP contribution in [0, 0.1) is 5.41 Å². The van der Waals surface area contributed by atoms with Gasteiger partial charge in [-0.15, -0.1) is 0 Å². The third kappa shape index (κ3) is 2.60. The monoisotopic (exact) mass is 329 g/mol. The van der Waals surface area contributed by atoms with Gasteiger partial charge >= 0.3 is 6.03 Å². The molecule has 2 saturated heterocycles. The second-order valence-corrected chi connectivity index (χ2v) is 6.55. The van der Waals surface area contributed by atoms with Gasteiger partial charge in [-0.1, -0.05) is 0 Å². The summed E-state index contributed by atoms with van der Waals surface area (Å²) >= 11 is 0. The Hall–Kier alpha value is -2.57. The first-order valence-electron chi connectivity index (χ1n) is 8.17. The zero-order chi connectivity index (χ0) is 17.4. The van der Waals surface area contributed by atoms with Gasteiger partial charge in [-0.2, -0.15) is 0 Å². The first-order chi connectivity index (χ1) is 11.4. The molecule has 2 heterocycles. The van der Waals surface area contributed by atoms with E-state index < -0.39 is 11.9 Å². The van der Waals surface area contributed by atoms with E-state index in [-0.39, 0.29) is 12.1 Å². The largest absolute Gasteiger partial charge is 0.368 e. The second-order valence-electron chi connectivity index (χ2n) is 6.55. The lowest BCUT2D eigenvalue weighted by Gasteiger charge is -2.29. The molecule has 0 spiro atoms. The summed E-state index contributed by atoms with van der Waals surface area (Å²) in [5, 5.41) is 8.01. The summed E-state index contributed by atoms with van der Waals surface area (Å²) in [6.07, 6.45) is 2.77. The van der Waals surface area contributed by atoms with E-state index in [0.717, 1.165) is 24.8 Å². The number of primary amides is 1. The van der Waals surface area contributed by atoms with E-state index in [1.54, 1.807) is 48.2 Å². The third-order valence-electron chi connectivity index (χ3n) is 4.80. The minimum Gasteiger partial charge on any atom is -0.368 e. The molecule has 3 N–H and O–H groups in total. The maximum atomic E-state index is 12.8. The summed E-state index contributed by atoms with van der Waals surface area (Å²) < 4.78 is 0. The summed E-state index contributed by atoms with van der Waals surface area (Å²) in [6.45, 7) is 0.674. The highest BCUT2D eigenvalue weighted by Gasteiger charge is 2.49. The van der Waals surface area contributed by atoms with E-state index >= 15 is 0 Å². The Labute approximate surface area is 141 Å². The molecule has 2 aliphatic heterocycles. The Kier molecular flexibility index (Phi) is 4.17. The fraction of sp³-hybridized carbons (Fsp3) is 0.471. The molecule has 1 unspecified atom stereocenters. The summed E-state index contributed by atoms with van der Waals surface area (Å²) in [6, 6.07) is 6.22. The van der Waals surface area contributed by atoms with Crippen LogP contribution in [0.1, 0.15) is 24.8 Å². The number of piperidine rings is 1. The van der Waals surface area contributed by atoms with Crippen molar-refractivity contribution in [3.05, 3.63) is 29.8 Å². The molecule has 2 aliphatic rings. The molecule has 1 aromatic rings. The predicted molar refractivity (Wildman–Crippen MR) is 92.2 cm³/mol. The number of nitrogens with one attached hydrogen (secondary N) is 1. The fourth-order valence-electron chi connectivity index (χ4n) is 3.58. The number of hydrogen-bond acceptors (Lipinski definition) is 3.